The van der Waals surface area contributed by atoms with E-state index in [0.717, 1.165) is 19.5 Å². The van der Waals surface area contributed by atoms with Gasteiger partial charge in [-0.3, -0.25) is 4.79 Å². The monoisotopic (exact) mass is 256 g/mol. The van der Waals surface area contributed by atoms with E-state index in [1.165, 1.54) is 0 Å². The fraction of sp³-hybridized carbons (Fsp3) is 0.929. The lowest BCUT2D eigenvalue weighted by Gasteiger charge is -2.26. The number of rotatable bonds is 3. The summed E-state index contributed by atoms with van der Waals surface area (Å²) in [6.07, 6.45) is 1.03. The van der Waals surface area contributed by atoms with Gasteiger partial charge in [0.25, 0.3) is 0 Å². The molecule has 4 heteroatoms. The van der Waals surface area contributed by atoms with Gasteiger partial charge in [-0.2, -0.15) is 0 Å². The first-order valence-electron chi connectivity index (χ1n) is 6.76. The summed E-state index contributed by atoms with van der Waals surface area (Å²) in [5.41, 5.74) is -0.149. The molecule has 106 valence electrons. The summed E-state index contributed by atoms with van der Waals surface area (Å²) in [5, 5.41) is 3.54. The first kappa shape index (κ1) is 15.4. The average molecular weight is 256 g/mol. The van der Waals surface area contributed by atoms with Crippen molar-refractivity contribution in [2.24, 2.45) is 0 Å². The van der Waals surface area contributed by atoms with Gasteiger partial charge in [0.15, 0.2) is 0 Å². The van der Waals surface area contributed by atoms with Crippen LogP contribution in [-0.4, -0.2) is 47.7 Å². The fourth-order valence-electron chi connectivity index (χ4n) is 2.09. The minimum atomic E-state index is -0.252. The quantitative estimate of drug-likeness (QED) is 0.837. The van der Waals surface area contributed by atoms with Crippen molar-refractivity contribution < 1.29 is 9.53 Å². The molecule has 4 nitrogen and oxygen atoms in total. The van der Waals surface area contributed by atoms with E-state index in [9.17, 15) is 4.79 Å². The zero-order valence-electron chi connectivity index (χ0n) is 12.7. The highest BCUT2D eigenvalue weighted by molar-refractivity contribution is 5.77. The van der Waals surface area contributed by atoms with Crippen LogP contribution in [0, 0.1) is 0 Å². The van der Waals surface area contributed by atoms with Gasteiger partial charge in [0, 0.05) is 24.7 Å². The van der Waals surface area contributed by atoms with Gasteiger partial charge in [-0.1, -0.05) is 0 Å². The van der Waals surface area contributed by atoms with Crippen LogP contribution in [0.2, 0.25) is 0 Å². The van der Waals surface area contributed by atoms with Crippen molar-refractivity contribution in [3.63, 3.8) is 0 Å². The molecular formula is C14H28N2O2. The van der Waals surface area contributed by atoms with Crippen LogP contribution in [0.3, 0.4) is 0 Å². The number of amides is 1. The Morgan fingerprint density at radius 2 is 1.89 bits per heavy atom. The second kappa shape index (κ2) is 5.57. The average Bonchev–Trinajstić information content (AvgIpc) is 2.58. The van der Waals surface area contributed by atoms with E-state index in [4.69, 9.17) is 4.74 Å². The van der Waals surface area contributed by atoms with Gasteiger partial charge >= 0.3 is 0 Å². The van der Waals surface area contributed by atoms with Crippen molar-refractivity contribution in [2.75, 3.05) is 19.7 Å². The lowest BCUT2D eigenvalue weighted by atomic mass is 10.1. The second-order valence-electron chi connectivity index (χ2n) is 7.12. The Labute approximate surface area is 111 Å². The summed E-state index contributed by atoms with van der Waals surface area (Å²) in [7, 11) is 0. The molecular weight excluding hydrogens is 228 g/mol. The molecule has 1 heterocycles. The number of carbonyl (C=O) groups is 1. The molecule has 1 aliphatic rings. The van der Waals surface area contributed by atoms with Crippen molar-refractivity contribution in [2.45, 2.75) is 65.1 Å². The number of ether oxygens (including phenoxy) is 1. The molecule has 0 saturated carbocycles. The van der Waals surface area contributed by atoms with E-state index in [0.29, 0.717) is 6.04 Å². The minimum absolute atomic E-state index is 0.100. The van der Waals surface area contributed by atoms with Crippen molar-refractivity contribution in [1.29, 1.82) is 0 Å². The first-order chi connectivity index (χ1) is 8.07. The number of carbonyl (C=O) groups excluding carboxylic acids is 1. The zero-order chi connectivity index (χ0) is 14.0. The SMILES string of the molecule is CC(C)(C)NC1CCN(C(=O)COC(C)(C)C)C1. The van der Waals surface area contributed by atoms with Crippen molar-refractivity contribution in [1.82, 2.24) is 10.2 Å². The van der Waals surface area contributed by atoms with Crippen LogP contribution in [0.15, 0.2) is 0 Å². The predicted molar refractivity (Wildman–Crippen MR) is 73.6 cm³/mol. The van der Waals surface area contributed by atoms with Crippen LogP contribution < -0.4 is 5.32 Å². The molecule has 1 unspecified atom stereocenters. The molecule has 0 radical (unpaired) electrons. The van der Waals surface area contributed by atoms with Gasteiger partial charge in [-0.25, -0.2) is 0 Å². The van der Waals surface area contributed by atoms with E-state index in [1.807, 2.05) is 25.7 Å². The van der Waals surface area contributed by atoms with Crippen molar-refractivity contribution in [3.8, 4) is 0 Å². The number of likely N-dealkylation sites (tertiary alicyclic amines) is 1. The standard InChI is InChI=1S/C14H28N2O2/c1-13(2,3)15-11-7-8-16(9-11)12(17)10-18-14(4,5)6/h11,15H,7-10H2,1-6H3. The van der Waals surface area contributed by atoms with Gasteiger partial charge in [0.05, 0.1) is 5.60 Å². The first-order valence-corrected chi connectivity index (χ1v) is 6.76. The van der Waals surface area contributed by atoms with Crippen LogP contribution >= 0.6 is 0 Å². The van der Waals surface area contributed by atoms with Crippen LogP contribution in [-0.2, 0) is 9.53 Å². The maximum absolute atomic E-state index is 12.0. The number of hydrogen-bond donors (Lipinski definition) is 1. The van der Waals surface area contributed by atoms with Crippen LogP contribution in [0.25, 0.3) is 0 Å². The van der Waals surface area contributed by atoms with E-state index in [1.54, 1.807) is 0 Å². The third-order valence-electron chi connectivity index (χ3n) is 2.81. The topological polar surface area (TPSA) is 41.6 Å². The van der Waals surface area contributed by atoms with E-state index in [2.05, 4.69) is 26.1 Å². The van der Waals surface area contributed by atoms with E-state index in [-0.39, 0.29) is 23.7 Å². The molecule has 1 amide bonds. The van der Waals surface area contributed by atoms with Gasteiger partial charge in [-0.15, -0.1) is 0 Å². The Balaban J connectivity index is 2.35. The molecule has 0 aliphatic carbocycles. The highest BCUT2D eigenvalue weighted by atomic mass is 16.5. The summed E-state index contributed by atoms with van der Waals surface area (Å²) < 4.78 is 5.53. The molecule has 0 bridgehead atoms. The van der Waals surface area contributed by atoms with Crippen molar-refractivity contribution in [3.05, 3.63) is 0 Å². The third kappa shape index (κ3) is 5.83. The summed E-state index contributed by atoms with van der Waals surface area (Å²) in [4.78, 5) is 13.9. The summed E-state index contributed by atoms with van der Waals surface area (Å²) in [5.74, 6) is 0.100. The molecule has 0 aromatic heterocycles. The fourth-order valence-corrected chi connectivity index (χ4v) is 2.09. The Bertz CT molecular complexity index is 289. The second-order valence-corrected chi connectivity index (χ2v) is 7.12. The highest BCUT2D eigenvalue weighted by Crippen LogP contribution is 2.14. The zero-order valence-corrected chi connectivity index (χ0v) is 12.7. The van der Waals surface area contributed by atoms with Crippen LogP contribution in [0.1, 0.15) is 48.0 Å². The maximum Gasteiger partial charge on any atom is 0.248 e. The number of nitrogens with one attached hydrogen (secondary N) is 1. The van der Waals surface area contributed by atoms with E-state index >= 15 is 0 Å². The lowest BCUT2D eigenvalue weighted by molar-refractivity contribution is -0.140. The molecule has 0 aromatic rings. The normalized spacial score (nSPS) is 21.4. The number of nitrogens with zero attached hydrogens (tertiary/aromatic N) is 1. The molecule has 18 heavy (non-hydrogen) atoms. The molecule has 1 aliphatic heterocycles. The summed E-state index contributed by atoms with van der Waals surface area (Å²) >= 11 is 0. The Kier molecular flexibility index (Phi) is 4.78. The highest BCUT2D eigenvalue weighted by Gasteiger charge is 2.29. The Hall–Kier alpha value is -0.610. The van der Waals surface area contributed by atoms with Gasteiger partial charge in [-0.05, 0) is 48.0 Å². The predicted octanol–water partition coefficient (Wildman–Crippen LogP) is 1.79. The van der Waals surface area contributed by atoms with Crippen LogP contribution in [0.4, 0.5) is 0 Å². The lowest BCUT2D eigenvalue weighted by Crippen LogP contribution is -2.45. The molecule has 0 aromatic carbocycles. The summed E-state index contributed by atoms with van der Waals surface area (Å²) in [6.45, 7) is 14.2. The minimum Gasteiger partial charge on any atom is -0.366 e. The number of hydrogen-bond acceptors (Lipinski definition) is 3. The largest absolute Gasteiger partial charge is 0.366 e. The smallest absolute Gasteiger partial charge is 0.248 e. The molecule has 1 saturated heterocycles. The Morgan fingerprint density at radius 1 is 1.28 bits per heavy atom. The van der Waals surface area contributed by atoms with E-state index < -0.39 is 0 Å². The van der Waals surface area contributed by atoms with Gasteiger partial charge in [0.2, 0.25) is 5.91 Å². The van der Waals surface area contributed by atoms with Gasteiger partial charge in [0.1, 0.15) is 6.61 Å². The molecule has 1 N–H and O–H groups in total. The molecule has 1 rings (SSSR count). The Morgan fingerprint density at radius 3 is 2.39 bits per heavy atom. The van der Waals surface area contributed by atoms with Crippen molar-refractivity contribution >= 4 is 5.91 Å². The summed E-state index contributed by atoms with van der Waals surface area (Å²) in [6, 6.07) is 0.406. The third-order valence-corrected chi connectivity index (χ3v) is 2.81. The molecule has 1 atom stereocenters. The molecule has 1 fully saturated rings. The van der Waals surface area contributed by atoms with Gasteiger partial charge < -0.3 is 15.0 Å². The molecule has 0 spiro atoms. The van der Waals surface area contributed by atoms with Crippen LogP contribution in [0.5, 0.6) is 0 Å². The maximum atomic E-state index is 12.0.